The fraction of sp³-hybridized carbons (Fsp3) is 0.429. The number of aromatic nitrogens is 3. The van der Waals surface area contributed by atoms with Crippen molar-refractivity contribution >= 4 is 11.6 Å². The lowest BCUT2D eigenvalue weighted by Gasteiger charge is -2.29. The van der Waals surface area contributed by atoms with Crippen molar-refractivity contribution in [1.82, 2.24) is 19.7 Å². The number of aryl methyl sites for hydroxylation is 1. The molecule has 0 bridgehead atoms. The van der Waals surface area contributed by atoms with Gasteiger partial charge in [-0.05, 0) is 13.0 Å². The van der Waals surface area contributed by atoms with Crippen LogP contribution in [0.15, 0.2) is 24.3 Å². The molecule has 0 unspecified atom stereocenters. The van der Waals surface area contributed by atoms with Crippen molar-refractivity contribution in [3.8, 4) is 0 Å². The van der Waals surface area contributed by atoms with Gasteiger partial charge in [-0.3, -0.25) is 4.90 Å². The van der Waals surface area contributed by atoms with E-state index in [1.807, 2.05) is 25.1 Å². The highest BCUT2D eigenvalue weighted by atomic mass is 35.5. The van der Waals surface area contributed by atoms with Crippen molar-refractivity contribution in [3.63, 3.8) is 0 Å². The molecule has 0 saturated heterocycles. The first kappa shape index (κ1) is 13.5. The zero-order valence-corrected chi connectivity index (χ0v) is 12.1. The third-order valence-corrected chi connectivity index (χ3v) is 4.06. The maximum atomic E-state index is 10.3. The summed E-state index contributed by atoms with van der Waals surface area (Å²) in [5.41, 5.74) is 0.775. The third kappa shape index (κ3) is 2.57. The first-order valence-electron chi connectivity index (χ1n) is 6.68. The number of aliphatic hydroxyl groups is 1. The molecule has 1 aromatic heterocycles. The van der Waals surface area contributed by atoms with E-state index in [0.29, 0.717) is 18.1 Å². The van der Waals surface area contributed by atoms with Crippen molar-refractivity contribution in [2.45, 2.75) is 26.1 Å². The summed E-state index contributed by atoms with van der Waals surface area (Å²) in [5, 5.41) is 19.2. The van der Waals surface area contributed by atoms with Crippen molar-refractivity contribution < 1.29 is 5.11 Å². The fourth-order valence-electron chi connectivity index (χ4n) is 2.60. The van der Waals surface area contributed by atoms with E-state index in [4.69, 9.17) is 11.6 Å². The average Bonchev–Trinajstić information content (AvgIpc) is 2.80. The predicted octanol–water partition coefficient (Wildman–Crippen LogP) is 1.79. The molecule has 0 saturated carbocycles. The Balaban J connectivity index is 1.69. The second-order valence-corrected chi connectivity index (χ2v) is 5.49. The highest BCUT2D eigenvalue weighted by molar-refractivity contribution is 6.31. The number of aliphatic hydroxyl groups excluding tert-OH is 1. The predicted molar refractivity (Wildman–Crippen MR) is 76.4 cm³/mol. The lowest BCUT2D eigenvalue weighted by molar-refractivity contribution is 0.0961. The summed E-state index contributed by atoms with van der Waals surface area (Å²) in [6.45, 7) is 4.97. The molecule has 0 spiro atoms. The number of halogens is 1. The van der Waals surface area contributed by atoms with Gasteiger partial charge in [-0.25, -0.2) is 0 Å². The number of nitrogens with zero attached hydrogens (tertiary/aromatic N) is 4. The molecule has 2 heterocycles. The summed E-state index contributed by atoms with van der Waals surface area (Å²) in [6.07, 6.45) is -0.584. The Morgan fingerprint density at radius 1 is 1.30 bits per heavy atom. The molecule has 1 aliphatic heterocycles. The van der Waals surface area contributed by atoms with E-state index >= 15 is 0 Å². The second kappa shape index (κ2) is 5.52. The van der Waals surface area contributed by atoms with E-state index in [1.54, 1.807) is 6.07 Å². The van der Waals surface area contributed by atoms with Crippen LogP contribution in [0.2, 0.25) is 5.02 Å². The van der Waals surface area contributed by atoms with Crippen molar-refractivity contribution in [2.24, 2.45) is 0 Å². The highest BCUT2D eigenvalue weighted by Gasteiger charge is 2.22. The first-order chi connectivity index (χ1) is 9.65. The van der Waals surface area contributed by atoms with Crippen LogP contribution < -0.4 is 0 Å². The number of hydrogen-bond acceptors (Lipinski definition) is 4. The Morgan fingerprint density at radius 2 is 2.10 bits per heavy atom. The maximum Gasteiger partial charge on any atom is 0.147 e. The summed E-state index contributed by atoms with van der Waals surface area (Å²) in [4.78, 5) is 2.18. The van der Waals surface area contributed by atoms with Gasteiger partial charge in [0.2, 0.25) is 0 Å². The van der Waals surface area contributed by atoms with Gasteiger partial charge in [0.15, 0.2) is 0 Å². The maximum absolute atomic E-state index is 10.3. The van der Waals surface area contributed by atoms with E-state index in [-0.39, 0.29) is 0 Å². The van der Waals surface area contributed by atoms with E-state index in [0.717, 1.165) is 30.3 Å². The molecule has 1 aromatic carbocycles. The normalized spacial score (nSPS) is 16.9. The molecule has 1 aliphatic rings. The van der Waals surface area contributed by atoms with Crippen molar-refractivity contribution in [3.05, 3.63) is 46.5 Å². The minimum atomic E-state index is -0.584. The van der Waals surface area contributed by atoms with Crippen LogP contribution in [0.25, 0.3) is 0 Å². The van der Waals surface area contributed by atoms with Crippen molar-refractivity contribution in [1.29, 1.82) is 0 Å². The van der Waals surface area contributed by atoms with E-state index in [9.17, 15) is 5.11 Å². The van der Waals surface area contributed by atoms with Gasteiger partial charge in [-0.1, -0.05) is 29.8 Å². The standard InChI is InChI=1S/C14H17ClN4O/c1-10-16-17-14-9-18(6-7-19(10)14)8-13(20)11-4-2-3-5-12(11)15/h2-5,13,20H,6-9H2,1H3/t13-/m0/s1. The summed E-state index contributed by atoms with van der Waals surface area (Å²) < 4.78 is 2.12. The van der Waals surface area contributed by atoms with Crippen LogP contribution in [0.3, 0.4) is 0 Å². The molecule has 1 atom stereocenters. The largest absolute Gasteiger partial charge is 0.387 e. The number of rotatable bonds is 3. The molecule has 0 fully saturated rings. The monoisotopic (exact) mass is 292 g/mol. The Bertz CT molecular complexity index is 613. The van der Waals surface area contributed by atoms with E-state index in [1.165, 1.54) is 0 Å². The summed E-state index contributed by atoms with van der Waals surface area (Å²) in [6, 6.07) is 7.42. The molecule has 106 valence electrons. The van der Waals surface area contributed by atoms with Gasteiger partial charge < -0.3 is 9.67 Å². The molecule has 0 amide bonds. The van der Waals surface area contributed by atoms with Crippen LogP contribution in [0.5, 0.6) is 0 Å². The quantitative estimate of drug-likeness (QED) is 0.937. The smallest absolute Gasteiger partial charge is 0.147 e. The Labute approximate surface area is 122 Å². The molecule has 0 radical (unpaired) electrons. The summed E-state index contributed by atoms with van der Waals surface area (Å²) in [7, 11) is 0. The lowest BCUT2D eigenvalue weighted by atomic mass is 10.1. The number of β-amino-alcohol motifs (C(OH)–C–C–N with tert-alkyl or cyclic N) is 1. The zero-order valence-electron chi connectivity index (χ0n) is 11.3. The van der Waals surface area contributed by atoms with Crippen LogP contribution in [0, 0.1) is 6.92 Å². The number of benzene rings is 1. The minimum Gasteiger partial charge on any atom is -0.387 e. The van der Waals surface area contributed by atoms with Crippen LogP contribution in [-0.4, -0.2) is 37.9 Å². The molecule has 5 nitrogen and oxygen atoms in total. The van der Waals surface area contributed by atoms with Gasteiger partial charge in [-0.2, -0.15) is 0 Å². The molecular formula is C14H17ClN4O. The molecule has 1 N–H and O–H groups in total. The molecule has 6 heteroatoms. The van der Waals surface area contributed by atoms with Crippen LogP contribution >= 0.6 is 11.6 Å². The molecule has 3 rings (SSSR count). The van der Waals surface area contributed by atoms with Gasteiger partial charge in [0.25, 0.3) is 0 Å². The molecule has 0 aliphatic carbocycles. The van der Waals surface area contributed by atoms with Gasteiger partial charge in [0.1, 0.15) is 11.6 Å². The highest BCUT2D eigenvalue weighted by Crippen LogP contribution is 2.24. The van der Waals surface area contributed by atoms with Crippen LogP contribution in [0.1, 0.15) is 23.3 Å². The molecule has 2 aromatic rings. The lowest BCUT2D eigenvalue weighted by Crippen LogP contribution is -2.36. The Kier molecular flexibility index (Phi) is 3.74. The zero-order chi connectivity index (χ0) is 14.1. The third-order valence-electron chi connectivity index (χ3n) is 3.71. The fourth-order valence-corrected chi connectivity index (χ4v) is 2.86. The second-order valence-electron chi connectivity index (χ2n) is 5.09. The van der Waals surface area contributed by atoms with Gasteiger partial charge in [0, 0.05) is 30.2 Å². The summed E-state index contributed by atoms with van der Waals surface area (Å²) >= 11 is 6.12. The van der Waals surface area contributed by atoms with E-state index in [2.05, 4.69) is 19.7 Å². The van der Waals surface area contributed by atoms with Crippen LogP contribution in [-0.2, 0) is 13.1 Å². The number of fused-ring (bicyclic) bond motifs is 1. The van der Waals surface area contributed by atoms with Crippen molar-refractivity contribution in [2.75, 3.05) is 13.1 Å². The van der Waals surface area contributed by atoms with Crippen LogP contribution in [0.4, 0.5) is 0 Å². The van der Waals surface area contributed by atoms with Gasteiger partial charge >= 0.3 is 0 Å². The Morgan fingerprint density at radius 3 is 2.90 bits per heavy atom. The first-order valence-corrected chi connectivity index (χ1v) is 7.06. The number of hydrogen-bond donors (Lipinski definition) is 1. The van der Waals surface area contributed by atoms with E-state index < -0.39 is 6.10 Å². The molecule has 20 heavy (non-hydrogen) atoms. The molecular weight excluding hydrogens is 276 g/mol. The minimum absolute atomic E-state index is 0.551. The van der Waals surface area contributed by atoms with Gasteiger partial charge in [0.05, 0.1) is 12.6 Å². The van der Waals surface area contributed by atoms with Gasteiger partial charge in [-0.15, -0.1) is 10.2 Å². The topological polar surface area (TPSA) is 54.2 Å². The Hall–Kier alpha value is -1.43. The SMILES string of the molecule is Cc1nnc2n1CCN(C[C@H](O)c1ccccc1Cl)C2. The summed E-state index contributed by atoms with van der Waals surface area (Å²) in [5.74, 6) is 1.91. The average molecular weight is 293 g/mol.